The Hall–Kier alpha value is -1.35. The van der Waals surface area contributed by atoms with Crippen LogP contribution in [-0.2, 0) is 6.42 Å². The molecule has 0 spiro atoms. The van der Waals surface area contributed by atoms with E-state index in [0.29, 0.717) is 6.61 Å². The van der Waals surface area contributed by atoms with Crippen LogP contribution in [0.1, 0.15) is 26.0 Å². The van der Waals surface area contributed by atoms with Crippen molar-refractivity contribution in [2.75, 3.05) is 6.61 Å². The summed E-state index contributed by atoms with van der Waals surface area (Å²) in [6.45, 7) is 8.32. The lowest BCUT2D eigenvalue weighted by atomic mass is 10.1. The van der Waals surface area contributed by atoms with Gasteiger partial charge in [0.25, 0.3) is 0 Å². The van der Waals surface area contributed by atoms with Gasteiger partial charge < -0.3 is 10.5 Å². The second-order valence-electron chi connectivity index (χ2n) is 4.10. The number of nitrogens with zero attached hydrogens (tertiary/aromatic N) is 1. The Morgan fingerprint density at radius 2 is 2.31 bits per heavy atom. The summed E-state index contributed by atoms with van der Waals surface area (Å²) in [5.41, 5.74) is 7.87. The van der Waals surface area contributed by atoms with Crippen LogP contribution >= 0.6 is 0 Å². The topological polar surface area (TPSA) is 48.1 Å². The zero-order valence-electron chi connectivity index (χ0n) is 10.1. The molecule has 3 nitrogen and oxygen atoms in total. The summed E-state index contributed by atoms with van der Waals surface area (Å²) >= 11 is 0. The molecule has 0 aliphatic rings. The lowest BCUT2D eigenvalue weighted by molar-refractivity contribution is 0.351. The minimum Gasteiger partial charge on any atom is -0.488 e. The molecule has 2 N–H and O–H groups in total. The Balaban J connectivity index is 2.50. The van der Waals surface area contributed by atoms with Gasteiger partial charge in [-0.1, -0.05) is 13.5 Å². The fraction of sp³-hybridized carbons (Fsp3) is 0.462. The van der Waals surface area contributed by atoms with Gasteiger partial charge in [0.2, 0.25) is 0 Å². The molecule has 0 fully saturated rings. The van der Waals surface area contributed by atoms with Gasteiger partial charge >= 0.3 is 0 Å². The predicted octanol–water partition coefficient (Wildman–Crippen LogP) is 2.32. The van der Waals surface area contributed by atoms with Crippen LogP contribution in [0.25, 0.3) is 0 Å². The monoisotopic (exact) mass is 220 g/mol. The Kier molecular flexibility index (Phi) is 4.99. The van der Waals surface area contributed by atoms with Gasteiger partial charge in [0, 0.05) is 18.2 Å². The molecule has 88 valence electrons. The molecule has 1 unspecified atom stereocenters. The maximum Gasteiger partial charge on any atom is 0.138 e. The first-order chi connectivity index (χ1) is 7.61. The summed E-state index contributed by atoms with van der Waals surface area (Å²) in [4.78, 5) is 4.31. The highest BCUT2D eigenvalue weighted by molar-refractivity contribution is 5.20. The van der Waals surface area contributed by atoms with Crippen molar-refractivity contribution in [3.63, 3.8) is 0 Å². The largest absolute Gasteiger partial charge is 0.488 e. The third-order valence-electron chi connectivity index (χ3n) is 2.28. The Morgan fingerprint density at radius 3 is 2.81 bits per heavy atom. The molecule has 0 aliphatic carbocycles. The fourth-order valence-corrected chi connectivity index (χ4v) is 1.24. The maximum absolute atomic E-state index is 5.86. The summed E-state index contributed by atoms with van der Waals surface area (Å²) in [6.07, 6.45) is 3.52. The van der Waals surface area contributed by atoms with Gasteiger partial charge in [0.1, 0.15) is 12.4 Å². The number of nitrogens with two attached hydrogens (primary N) is 1. The second kappa shape index (κ2) is 6.28. The van der Waals surface area contributed by atoms with Crippen LogP contribution in [-0.4, -0.2) is 17.6 Å². The number of rotatable bonds is 6. The van der Waals surface area contributed by atoms with Crippen LogP contribution in [0.2, 0.25) is 0 Å². The first-order valence-electron chi connectivity index (χ1n) is 5.59. The fourth-order valence-electron chi connectivity index (χ4n) is 1.24. The molecule has 1 atom stereocenters. The Bertz CT molecular complexity index is 332. The number of aromatic nitrogens is 1. The van der Waals surface area contributed by atoms with E-state index in [4.69, 9.17) is 10.5 Å². The van der Waals surface area contributed by atoms with Crippen molar-refractivity contribution in [3.8, 4) is 5.75 Å². The lowest BCUT2D eigenvalue weighted by Crippen LogP contribution is -2.21. The number of hydrogen-bond acceptors (Lipinski definition) is 3. The van der Waals surface area contributed by atoms with Gasteiger partial charge in [-0.25, -0.2) is 0 Å². The Morgan fingerprint density at radius 1 is 1.56 bits per heavy atom. The van der Waals surface area contributed by atoms with Crippen molar-refractivity contribution in [1.29, 1.82) is 0 Å². The molecule has 0 aliphatic heterocycles. The van der Waals surface area contributed by atoms with Crippen molar-refractivity contribution in [2.45, 2.75) is 32.7 Å². The molecule has 0 saturated carbocycles. The van der Waals surface area contributed by atoms with Crippen LogP contribution in [0.5, 0.6) is 5.75 Å². The third-order valence-corrected chi connectivity index (χ3v) is 2.28. The van der Waals surface area contributed by atoms with E-state index in [1.807, 2.05) is 19.1 Å². The minimum atomic E-state index is 0.190. The molecule has 0 bridgehead atoms. The average molecular weight is 220 g/mol. The summed E-state index contributed by atoms with van der Waals surface area (Å²) in [5, 5.41) is 0. The van der Waals surface area contributed by atoms with Crippen LogP contribution < -0.4 is 10.5 Å². The zero-order valence-corrected chi connectivity index (χ0v) is 10.1. The van der Waals surface area contributed by atoms with Gasteiger partial charge in [-0.2, -0.15) is 0 Å². The highest BCUT2D eigenvalue weighted by Crippen LogP contribution is 2.11. The molecule has 0 radical (unpaired) electrons. The van der Waals surface area contributed by atoms with E-state index in [1.54, 1.807) is 6.20 Å². The van der Waals surface area contributed by atoms with Crippen molar-refractivity contribution in [3.05, 3.63) is 36.2 Å². The van der Waals surface area contributed by atoms with Crippen LogP contribution in [0.3, 0.4) is 0 Å². The van der Waals surface area contributed by atoms with Crippen molar-refractivity contribution < 1.29 is 4.74 Å². The number of hydrogen-bond donors (Lipinski definition) is 1. The van der Waals surface area contributed by atoms with Gasteiger partial charge in [-0.3, -0.25) is 4.98 Å². The smallest absolute Gasteiger partial charge is 0.138 e. The summed E-state index contributed by atoms with van der Waals surface area (Å²) in [5.74, 6) is 0.775. The molecule has 16 heavy (non-hydrogen) atoms. The molecule has 1 aromatic heterocycles. The molecule has 0 saturated heterocycles. The van der Waals surface area contributed by atoms with Crippen molar-refractivity contribution in [2.24, 2.45) is 5.73 Å². The molecule has 1 rings (SSSR count). The van der Waals surface area contributed by atoms with Gasteiger partial charge in [0.15, 0.2) is 0 Å². The maximum atomic E-state index is 5.86. The predicted molar refractivity (Wildman–Crippen MR) is 66.5 cm³/mol. The van der Waals surface area contributed by atoms with E-state index in [-0.39, 0.29) is 6.04 Å². The lowest BCUT2D eigenvalue weighted by Gasteiger charge is -2.09. The summed E-state index contributed by atoms with van der Waals surface area (Å²) < 4.78 is 5.46. The van der Waals surface area contributed by atoms with Gasteiger partial charge in [-0.15, -0.1) is 0 Å². The molecule has 3 heteroatoms. The molecular weight excluding hydrogens is 200 g/mol. The van der Waals surface area contributed by atoms with Crippen LogP contribution in [0.4, 0.5) is 0 Å². The third kappa shape index (κ3) is 4.45. The second-order valence-corrected chi connectivity index (χ2v) is 4.10. The van der Waals surface area contributed by atoms with E-state index < -0.39 is 0 Å². The van der Waals surface area contributed by atoms with Crippen LogP contribution in [0, 0.1) is 0 Å². The summed E-state index contributed by atoms with van der Waals surface area (Å²) in [7, 11) is 0. The zero-order chi connectivity index (χ0) is 12.0. The molecule has 1 heterocycles. The van der Waals surface area contributed by atoms with Gasteiger partial charge in [0.05, 0.1) is 6.20 Å². The van der Waals surface area contributed by atoms with E-state index in [1.165, 1.54) is 0 Å². The first kappa shape index (κ1) is 12.7. The van der Waals surface area contributed by atoms with E-state index in [0.717, 1.165) is 29.9 Å². The highest BCUT2D eigenvalue weighted by Gasteiger charge is 2.02. The minimum absolute atomic E-state index is 0.190. The van der Waals surface area contributed by atoms with E-state index in [9.17, 15) is 0 Å². The standard InChI is InChI=1S/C13H20N2O/c1-4-11(14)7-12-5-6-13(8-15-12)16-9-10(2)3/h5-6,8,11H,2,4,7,9,14H2,1,3H3. The highest BCUT2D eigenvalue weighted by atomic mass is 16.5. The van der Waals surface area contributed by atoms with E-state index in [2.05, 4.69) is 18.5 Å². The first-order valence-corrected chi connectivity index (χ1v) is 5.59. The molecule has 0 aromatic carbocycles. The number of ether oxygens (including phenoxy) is 1. The molecule has 1 aromatic rings. The van der Waals surface area contributed by atoms with E-state index >= 15 is 0 Å². The quantitative estimate of drug-likeness (QED) is 0.748. The van der Waals surface area contributed by atoms with Crippen LogP contribution in [0.15, 0.2) is 30.5 Å². The molecule has 0 amide bonds. The summed E-state index contributed by atoms with van der Waals surface area (Å²) in [6, 6.07) is 4.08. The average Bonchev–Trinajstić information content (AvgIpc) is 2.28. The number of pyridine rings is 1. The van der Waals surface area contributed by atoms with Crippen molar-refractivity contribution >= 4 is 0 Å². The van der Waals surface area contributed by atoms with Gasteiger partial charge in [-0.05, 0) is 31.1 Å². The normalized spacial score (nSPS) is 12.2. The SMILES string of the molecule is C=C(C)COc1ccc(CC(N)CC)nc1. The Labute approximate surface area is 97.3 Å². The molecular formula is C13H20N2O. The van der Waals surface area contributed by atoms with Crippen molar-refractivity contribution in [1.82, 2.24) is 4.98 Å².